The Morgan fingerprint density at radius 2 is 1.48 bits per heavy atom. The van der Waals surface area contributed by atoms with Gasteiger partial charge in [-0.15, -0.1) is 11.3 Å². The van der Waals surface area contributed by atoms with E-state index in [0.29, 0.717) is 5.01 Å². The van der Waals surface area contributed by atoms with E-state index in [1.54, 1.807) is 0 Å². The number of Topliss-reactive ketones (excluding diaryl/α,β-unsaturated/α-hetero) is 1. The summed E-state index contributed by atoms with van der Waals surface area (Å²) in [6, 6.07) is 0. The van der Waals surface area contributed by atoms with E-state index in [0.717, 1.165) is 35.1 Å². The van der Waals surface area contributed by atoms with Crippen molar-refractivity contribution in [2.75, 3.05) is 0 Å². The van der Waals surface area contributed by atoms with Crippen LogP contribution in [0.5, 0.6) is 0 Å². The highest BCUT2D eigenvalue weighted by Crippen LogP contribution is 2.26. The summed E-state index contributed by atoms with van der Waals surface area (Å²) < 4.78 is 43.0. The van der Waals surface area contributed by atoms with Crippen LogP contribution in [0.3, 0.4) is 0 Å². The van der Waals surface area contributed by atoms with Crippen molar-refractivity contribution in [3.63, 3.8) is 0 Å². The van der Waals surface area contributed by atoms with Gasteiger partial charge in [0, 0.05) is 6.92 Å². The fraction of sp³-hybridized carbons (Fsp3) is 0.364. The summed E-state index contributed by atoms with van der Waals surface area (Å²) in [5.41, 5.74) is -1.13. The number of aliphatic hydroxyl groups is 1. The Labute approximate surface area is 152 Å². The Morgan fingerprint density at radius 1 is 1.04 bits per heavy atom. The Morgan fingerprint density at radius 3 is 1.72 bits per heavy atom. The number of nitrogens with zero attached hydrogens (tertiary/aromatic N) is 2. The molecule has 0 aromatic carbocycles. The third-order valence-electron chi connectivity index (χ3n) is 2.35. The molecule has 0 radical (unpaired) electrons. The SMILES string of the molecule is CC(=O)c1ncc(S(N)(=O)=O)s1.CC(C)(O)c1ncc(S(N)(=O)=O)s1. The van der Waals surface area contributed by atoms with Gasteiger partial charge in [0.2, 0.25) is 20.0 Å². The molecular weight excluding hydrogens is 412 g/mol. The summed E-state index contributed by atoms with van der Waals surface area (Å²) in [4.78, 5) is 18.1. The highest BCUT2D eigenvalue weighted by atomic mass is 32.3. The maximum Gasteiger partial charge on any atom is 0.249 e. The third-order valence-corrected chi connectivity index (χ3v) is 7.58. The molecule has 0 saturated carbocycles. The lowest BCUT2D eigenvalue weighted by atomic mass is 10.2. The molecule has 2 aromatic heterocycles. The van der Waals surface area contributed by atoms with E-state index in [1.807, 2.05) is 0 Å². The second kappa shape index (κ2) is 7.53. The zero-order valence-electron chi connectivity index (χ0n) is 13.3. The molecule has 0 aliphatic rings. The fourth-order valence-electron chi connectivity index (χ4n) is 1.23. The van der Waals surface area contributed by atoms with Gasteiger partial charge in [-0.25, -0.2) is 37.1 Å². The molecular formula is C11H16N4O6S4. The van der Waals surface area contributed by atoms with Crippen LogP contribution in [0.25, 0.3) is 0 Å². The van der Waals surface area contributed by atoms with Crippen LogP contribution in [0, 0.1) is 0 Å². The van der Waals surface area contributed by atoms with Crippen molar-refractivity contribution in [3.8, 4) is 0 Å². The molecule has 25 heavy (non-hydrogen) atoms. The highest BCUT2D eigenvalue weighted by molar-refractivity contribution is 7.91. The van der Waals surface area contributed by atoms with Gasteiger partial charge < -0.3 is 5.11 Å². The Balaban J connectivity index is 0.000000251. The van der Waals surface area contributed by atoms with Crippen LogP contribution in [-0.2, 0) is 25.6 Å². The summed E-state index contributed by atoms with van der Waals surface area (Å²) >= 11 is 1.65. The van der Waals surface area contributed by atoms with Gasteiger partial charge in [0.1, 0.15) is 10.6 Å². The van der Waals surface area contributed by atoms with Crippen LogP contribution in [0.15, 0.2) is 20.8 Å². The van der Waals surface area contributed by atoms with E-state index in [1.165, 1.54) is 20.8 Å². The van der Waals surface area contributed by atoms with Crippen molar-refractivity contribution in [1.82, 2.24) is 9.97 Å². The van der Waals surface area contributed by atoms with Crippen molar-refractivity contribution in [2.45, 2.75) is 34.8 Å². The Bertz CT molecular complexity index is 968. The molecule has 0 fully saturated rings. The molecule has 0 unspecified atom stereocenters. The number of sulfonamides is 2. The first-order valence-corrected chi connectivity index (χ1v) is 11.1. The van der Waals surface area contributed by atoms with Crippen LogP contribution >= 0.6 is 22.7 Å². The smallest absolute Gasteiger partial charge is 0.249 e. The molecule has 0 aliphatic heterocycles. The van der Waals surface area contributed by atoms with Crippen LogP contribution in [0.1, 0.15) is 35.6 Å². The minimum absolute atomic E-state index is 0.0374. The maximum absolute atomic E-state index is 10.8. The molecule has 2 aromatic rings. The molecule has 0 aliphatic carbocycles. The highest BCUT2D eigenvalue weighted by Gasteiger charge is 2.23. The first-order valence-electron chi connectivity index (χ1n) is 6.33. The van der Waals surface area contributed by atoms with Gasteiger partial charge in [-0.05, 0) is 13.8 Å². The van der Waals surface area contributed by atoms with Gasteiger partial charge in [-0.3, -0.25) is 4.79 Å². The summed E-state index contributed by atoms with van der Waals surface area (Å²) in [7, 11) is -7.41. The van der Waals surface area contributed by atoms with Crippen molar-refractivity contribution in [2.24, 2.45) is 10.3 Å². The predicted octanol–water partition coefficient (Wildman–Crippen LogP) is 0.0110. The van der Waals surface area contributed by atoms with E-state index in [2.05, 4.69) is 9.97 Å². The largest absolute Gasteiger partial charge is 0.383 e. The number of carbonyl (C=O) groups is 1. The molecule has 2 rings (SSSR count). The van der Waals surface area contributed by atoms with E-state index < -0.39 is 25.6 Å². The summed E-state index contributed by atoms with van der Waals surface area (Å²) in [6.45, 7) is 4.36. The maximum atomic E-state index is 10.8. The average Bonchev–Trinajstić information content (AvgIpc) is 3.07. The van der Waals surface area contributed by atoms with Gasteiger partial charge in [0.15, 0.2) is 19.2 Å². The summed E-state index contributed by atoms with van der Waals surface area (Å²) in [5.74, 6) is -0.269. The predicted molar refractivity (Wildman–Crippen MR) is 92.2 cm³/mol. The van der Waals surface area contributed by atoms with Crippen molar-refractivity contribution < 1.29 is 26.7 Å². The first-order chi connectivity index (χ1) is 11.1. The van der Waals surface area contributed by atoms with E-state index in [4.69, 9.17) is 10.3 Å². The molecule has 140 valence electrons. The van der Waals surface area contributed by atoms with Crippen molar-refractivity contribution in [3.05, 3.63) is 22.4 Å². The zero-order valence-corrected chi connectivity index (χ0v) is 16.6. The normalized spacial score (nSPS) is 12.4. The number of rotatable bonds is 4. The topological polar surface area (TPSA) is 183 Å². The Kier molecular flexibility index (Phi) is 6.55. The molecule has 0 amide bonds. The number of nitrogens with two attached hydrogens (primary N) is 2. The zero-order chi connectivity index (χ0) is 19.6. The lowest BCUT2D eigenvalue weighted by Crippen LogP contribution is -2.14. The molecule has 2 heterocycles. The van der Waals surface area contributed by atoms with Crippen LogP contribution in [0.4, 0.5) is 0 Å². The summed E-state index contributed by atoms with van der Waals surface area (Å²) in [5, 5.41) is 19.6. The fourth-order valence-corrected chi connectivity index (χ4v) is 4.23. The van der Waals surface area contributed by atoms with Crippen LogP contribution in [0.2, 0.25) is 0 Å². The minimum Gasteiger partial charge on any atom is -0.383 e. The molecule has 10 nitrogen and oxygen atoms in total. The van der Waals surface area contributed by atoms with Crippen molar-refractivity contribution in [1.29, 1.82) is 0 Å². The quantitative estimate of drug-likeness (QED) is 0.569. The molecule has 14 heteroatoms. The minimum atomic E-state index is -3.71. The molecule has 5 N–H and O–H groups in total. The number of primary sulfonamides is 2. The number of hydrogen-bond donors (Lipinski definition) is 3. The first kappa shape index (κ1) is 21.8. The second-order valence-corrected chi connectivity index (χ2v) is 10.8. The van der Waals surface area contributed by atoms with E-state index >= 15 is 0 Å². The van der Waals surface area contributed by atoms with Gasteiger partial charge in [0.05, 0.1) is 12.4 Å². The van der Waals surface area contributed by atoms with Gasteiger partial charge in [0.25, 0.3) is 0 Å². The van der Waals surface area contributed by atoms with E-state index in [-0.39, 0.29) is 19.2 Å². The third kappa shape index (κ3) is 6.50. The number of aromatic nitrogens is 2. The summed E-state index contributed by atoms with van der Waals surface area (Å²) in [6.07, 6.45) is 2.23. The number of hydrogen-bond acceptors (Lipinski definition) is 10. The lowest BCUT2D eigenvalue weighted by molar-refractivity contribution is 0.0782. The standard InChI is InChI=1S/C6H10N2O3S2.C5H6N2O3S2/c1-6(2,9)5-8-3-4(12-5)13(7,10)11;1-3(8)5-7-2-4(11-5)12(6,9)10/h3,9H,1-2H3,(H2,7,10,11);2H,1H3,(H2,6,9,10). The second-order valence-electron chi connectivity index (χ2n) is 5.17. The van der Waals surface area contributed by atoms with Crippen LogP contribution in [-0.4, -0.2) is 37.7 Å². The molecule has 0 bridgehead atoms. The van der Waals surface area contributed by atoms with Crippen molar-refractivity contribution >= 4 is 48.5 Å². The van der Waals surface area contributed by atoms with E-state index in [9.17, 15) is 26.7 Å². The van der Waals surface area contributed by atoms with Gasteiger partial charge in [-0.2, -0.15) is 0 Å². The Hall–Kier alpha value is -1.29. The molecule has 0 saturated heterocycles. The molecule has 0 atom stereocenters. The monoisotopic (exact) mass is 428 g/mol. The van der Waals surface area contributed by atoms with Gasteiger partial charge in [-0.1, -0.05) is 11.3 Å². The average molecular weight is 429 g/mol. The molecule has 0 spiro atoms. The number of thiazole rings is 2. The number of carbonyl (C=O) groups excluding carboxylic acids is 1. The lowest BCUT2D eigenvalue weighted by Gasteiger charge is -2.11. The van der Waals surface area contributed by atoms with Gasteiger partial charge >= 0.3 is 0 Å². The number of ketones is 1. The van der Waals surface area contributed by atoms with Crippen LogP contribution < -0.4 is 10.3 Å².